The van der Waals surface area contributed by atoms with Crippen LogP contribution in [0.1, 0.15) is 143 Å². The van der Waals surface area contributed by atoms with Gasteiger partial charge < -0.3 is 20.0 Å². The third-order valence-electron chi connectivity index (χ3n) is 8.10. The van der Waals surface area contributed by atoms with Gasteiger partial charge in [0.2, 0.25) is 0 Å². The maximum absolute atomic E-state index is 11.3. The standard InChI is InChI=1S/C28H61N2O4P/c1-5-9-10-11-12-13-14-15-16-17-18-19-20-21-22-23-24-27(29)25-28(26-34-35(31,32)33)30(6-2,7-3)8-4/h27-28H,5-26,29H2,1-4H3,(H-,31,32,33)/p+1. The maximum atomic E-state index is 11.3. The minimum atomic E-state index is -4.47. The van der Waals surface area contributed by atoms with Gasteiger partial charge in [0.1, 0.15) is 12.6 Å². The van der Waals surface area contributed by atoms with Crippen LogP contribution in [0, 0.1) is 0 Å². The van der Waals surface area contributed by atoms with Gasteiger partial charge in [-0.2, -0.15) is 0 Å². The molecule has 0 spiro atoms. The van der Waals surface area contributed by atoms with Crippen molar-refractivity contribution in [3.05, 3.63) is 0 Å². The Hall–Kier alpha value is 0.0300. The second-order valence-corrected chi connectivity index (χ2v) is 11.9. The Morgan fingerprint density at radius 1 is 0.686 bits per heavy atom. The molecule has 2 atom stereocenters. The fraction of sp³-hybridized carbons (Fsp3) is 1.00. The van der Waals surface area contributed by atoms with Gasteiger partial charge in [-0.15, -0.1) is 0 Å². The lowest BCUT2D eigenvalue weighted by Gasteiger charge is -2.43. The van der Waals surface area contributed by atoms with Crippen LogP contribution < -0.4 is 5.73 Å². The SMILES string of the molecule is CCCCCCCCCCCCCCCCCCC(N)CC(COP(=O)(O)O)[N+](CC)(CC)CC. The first-order chi connectivity index (χ1) is 16.7. The van der Waals surface area contributed by atoms with E-state index >= 15 is 0 Å². The summed E-state index contributed by atoms with van der Waals surface area (Å²) in [6.45, 7) is 11.5. The van der Waals surface area contributed by atoms with Gasteiger partial charge in [-0.1, -0.05) is 110 Å². The summed E-state index contributed by atoms with van der Waals surface area (Å²) in [4.78, 5) is 18.4. The minimum absolute atomic E-state index is 0.0127. The lowest BCUT2D eigenvalue weighted by molar-refractivity contribution is -0.947. The van der Waals surface area contributed by atoms with Crippen LogP contribution in [-0.2, 0) is 9.09 Å². The molecule has 0 aromatic carbocycles. The van der Waals surface area contributed by atoms with Crippen LogP contribution in [0.25, 0.3) is 0 Å². The van der Waals surface area contributed by atoms with Crippen molar-refractivity contribution in [2.45, 2.75) is 155 Å². The summed E-state index contributed by atoms with van der Waals surface area (Å²) in [6.07, 6.45) is 23.5. The molecule has 4 N–H and O–H groups in total. The Bertz CT molecular complexity index is 503. The Labute approximate surface area is 218 Å². The van der Waals surface area contributed by atoms with Gasteiger partial charge in [0.25, 0.3) is 0 Å². The van der Waals surface area contributed by atoms with E-state index in [2.05, 4.69) is 27.7 Å². The van der Waals surface area contributed by atoms with Crippen LogP contribution in [0.4, 0.5) is 0 Å². The molecule has 0 amide bonds. The summed E-state index contributed by atoms with van der Waals surface area (Å²) in [7, 11) is -4.47. The Balaban J connectivity index is 3.91. The predicted octanol–water partition coefficient (Wildman–Crippen LogP) is 7.71. The zero-order valence-electron chi connectivity index (χ0n) is 23.9. The van der Waals surface area contributed by atoms with E-state index in [0.29, 0.717) is 0 Å². The summed E-state index contributed by atoms with van der Waals surface area (Å²) in [5.41, 5.74) is 6.48. The monoisotopic (exact) mass is 521 g/mol. The fourth-order valence-electron chi connectivity index (χ4n) is 5.50. The molecule has 0 saturated carbocycles. The van der Waals surface area contributed by atoms with Crippen LogP contribution in [0.3, 0.4) is 0 Å². The average molecular weight is 522 g/mol. The van der Waals surface area contributed by atoms with Crippen molar-refractivity contribution in [3.63, 3.8) is 0 Å². The molecule has 0 radical (unpaired) electrons. The highest BCUT2D eigenvalue weighted by atomic mass is 31.2. The van der Waals surface area contributed by atoms with Gasteiger partial charge in [-0.25, -0.2) is 4.57 Å². The van der Waals surface area contributed by atoms with E-state index in [1.54, 1.807) is 0 Å². The van der Waals surface area contributed by atoms with E-state index in [9.17, 15) is 14.4 Å². The van der Waals surface area contributed by atoms with Crippen LogP contribution in [0.15, 0.2) is 0 Å². The largest absolute Gasteiger partial charge is 0.469 e. The summed E-state index contributed by atoms with van der Waals surface area (Å²) < 4.78 is 17.0. The lowest BCUT2D eigenvalue weighted by Crippen LogP contribution is -2.58. The highest BCUT2D eigenvalue weighted by Gasteiger charge is 2.35. The number of quaternary nitrogens is 1. The van der Waals surface area contributed by atoms with Crippen molar-refractivity contribution in [2.24, 2.45) is 5.73 Å². The van der Waals surface area contributed by atoms with E-state index in [0.717, 1.165) is 43.4 Å². The maximum Gasteiger partial charge on any atom is 0.469 e. The van der Waals surface area contributed by atoms with Crippen LogP contribution >= 0.6 is 7.82 Å². The van der Waals surface area contributed by atoms with Gasteiger partial charge in [0.05, 0.1) is 19.6 Å². The smallest absolute Gasteiger partial charge is 0.327 e. The molecule has 0 bridgehead atoms. The first-order valence-corrected chi connectivity index (χ1v) is 16.6. The molecule has 0 aromatic rings. The van der Waals surface area contributed by atoms with Gasteiger partial charge in [0, 0.05) is 12.5 Å². The number of hydrogen-bond acceptors (Lipinski definition) is 3. The normalized spacial score (nSPS) is 14.4. The molecule has 0 aliphatic carbocycles. The average Bonchev–Trinajstić information content (AvgIpc) is 2.83. The number of likely N-dealkylation sites (N-methyl/N-ethyl adjacent to an activating group) is 1. The second kappa shape index (κ2) is 22.1. The number of rotatable bonds is 26. The zero-order valence-corrected chi connectivity index (χ0v) is 24.8. The molecule has 0 fully saturated rings. The highest BCUT2D eigenvalue weighted by Crippen LogP contribution is 2.37. The van der Waals surface area contributed by atoms with Crippen molar-refractivity contribution in [2.75, 3.05) is 26.2 Å². The summed E-state index contributed by atoms with van der Waals surface area (Å²) >= 11 is 0. The Morgan fingerprint density at radius 2 is 1.06 bits per heavy atom. The van der Waals surface area contributed by atoms with Crippen LogP contribution in [0.5, 0.6) is 0 Å². The van der Waals surface area contributed by atoms with Crippen LogP contribution in [-0.4, -0.2) is 52.6 Å². The molecule has 0 aromatic heterocycles. The molecule has 0 heterocycles. The van der Waals surface area contributed by atoms with Crippen molar-refractivity contribution < 1.29 is 23.4 Å². The molecule has 0 rings (SSSR count). The number of nitrogens with two attached hydrogens (primary N) is 1. The van der Waals surface area contributed by atoms with Crippen molar-refractivity contribution in [1.82, 2.24) is 0 Å². The van der Waals surface area contributed by atoms with Crippen LogP contribution in [0.2, 0.25) is 0 Å². The minimum Gasteiger partial charge on any atom is -0.327 e. The van der Waals surface area contributed by atoms with E-state index in [1.807, 2.05) is 0 Å². The summed E-state index contributed by atoms with van der Waals surface area (Å²) in [5.74, 6) is 0. The number of hydrogen-bond donors (Lipinski definition) is 3. The van der Waals surface area contributed by atoms with Gasteiger partial charge in [-0.3, -0.25) is 4.52 Å². The van der Waals surface area contributed by atoms with E-state index in [-0.39, 0.29) is 18.7 Å². The first kappa shape index (κ1) is 35.0. The first-order valence-electron chi connectivity index (χ1n) is 15.1. The van der Waals surface area contributed by atoms with E-state index in [4.69, 9.17) is 10.3 Å². The Morgan fingerprint density at radius 3 is 1.40 bits per heavy atom. The summed E-state index contributed by atoms with van der Waals surface area (Å²) in [5, 5.41) is 0. The summed E-state index contributed by atoms with van der Waals surface area (Å²) in [6, 6.07) is 0.0628. The molecule has 0 saturated heterocycles. The number of phosphoric ester groups is 1. The molecule has 0 aliphatic heterocycles. The molecule has 7 heteroatoms. The van der Waals surface area contributed by atoms with Gasteiger partial charge in [-0.05, 0) is 27.2 Å². The third-order valence-corrected chi connectivity index (χ3v) is 8.59. The van der Waals surface area contributed by atoms with E-state index < -0.39 is 7.82 Å². The molecule has 2 unspecified atom stereocenters. The number of nitrogens with zero attached hydrogens (tertiary/aromatic N) is 1. The molecular formula is C28H62N2O4P+. The lowest BCUT2D eigenvalue weighted by atomic mass is 9.98. The van der Waals surface area contributed by atoms with Crippen molar-refractivity contribution >= 4 is 7.82 Å². The fourth-order valence-corrected chi connectivity index (χ4v) is 5.87. The molecule has 212 valence electrons. The molecular weight excluding hydrogens is 459 g/mol. The van der Waals surface area contributed by atoms with E-state index in [1.165, 1.54) is 96.3 Å². The molecule has 0 aliphatic rings. The quantitative estimate of drug-likeness (QED) is 0.0616. The Kier molecular flexibility index (Phi) is 22.1. The van der Waals surface area contributed by atoms with Crippen molar-refractivity contribution in [1.29, 1.82) is 0 Å². The molecule has 35 heavy (non-hydrogen) atoms. The van der Waals surface area contributed by atoms with Gasteiger partial charge >= 0.3 is 7.82 Å². The highest BCUT2D eigenvalue weighted by molar-refractivity contribution is 7.46. The van der Waals surface area contributed by atoms with Gasteiger partial charge in [0.15, 0.2) is 0 Å². The predicted molar refractivity (Wildman–Crippen MR) is 150 cm³/mol. The number of unbranched alkanes of at least 4 members (excludes halogenated alkanes) is 15. The molecule has 6 nitrogen and oxygen atoms in total. The topological polar surface area (TPSA) is 92.8 Å². The zero-order chi connectivity index (χ0) is 26.4. The second-order valence-electron chi connectivity index (χ2n) is 10.7. The number of phosphoric acid groups is 1. The third kappa shape index (κ3) is 18.9. The van der Waals surface area contributed by atoms with Crippen molar-refractivity contribution in [3.8, 4) is 0 Å².